The Labute approximate surface area is 184 Å². The molecule has 0 radical (unpaired) electrons. The van der Waals surface area contributed by atoms with Gasteiger partial charge in [0.15, 0.2) is 0 Å². The summed E-state index contributed by atoms with van der Waals surface area (Å²) in [6, 6.07) is 8.93. The fourth-order valence-corrected chi connectivity index (χ4v) is 5.31. The number of halogens is 1. The molecule has 0 spiro atoms. The Morgan fingerprint density at radius 2 is 2.00 bits per heavy atom. The number of furan rings is 1. The molecule has 1 aromatic carbocycles. The molecule has 0 fully saturated rings. The lowest BCUT2D eigenvalue weighted by Gasteiger charge is -2.18. The predicted octanol–water partition coefficient (Wildman–Crippen LogP) is 6.13. The number of thiophene rings is 1. The molecule has 7 heteroatoms. The number of nitrogens with one attached hydrogen (secondary N) is 1. The van der Waals surface area contributed by atoms with Gasteiger partial charge in [-0.15, -0.1) is 11.3 Å². The van der Waals surface area contributed by atoms with Crippen molar-refractivity contribution in [1.29, 1.82) is 0 Å². The zero-order valence-corrected chi connectivity index (χ0v) is 18.6. The molecule has 0 saturated heterocycles. The van der Waals surface area contributed by atoms with E-state index >= 15 is 0 Å². The molecule has 0 bridgehead atoms. The fraction of sp³-hybridized carbons (Fsp3) is 0.304. The average molecular weight is 444 g/mol. The number of ether oxygens (including phenoxy) is 1. The van der Waals surface area contributed by atoms with Gasteiger partial charge in [0.25, 0.3) is 5.91 Å². The molecule has 1 atom stereocenters. The number of hydrogen-bond donors (Lipinski definition) is 1. The first-order valence-electron chi connectivity index (χ1n) is 9.78. The Bertz CT molecular complexity index is 1110. The summed E-state index contributed by atoms with van der Waals surface area (Å²) in [7, 11) is 1.36. The van der Waals surface area contributed by atoms with Crippen molar-refractivity contribution in [2.75, 3.05) is 12.4 Å². The molecular formula is C23H22ClNO4S. The van der Waals surface area contributed by atoms with Crippen molar-refractivity contribution in [1.82, 2.24) is 0 Å². The highest BCUT2D eigenvalue weighted by atomic mass is 35.5. The number of amides is 1. The molecule has 1 aliphatic rings. The van der Waals surface area contributed by atoms with Crippen LogP contribution in [0, 0.1) is 12.8 Å². The molecule has 156 valence electrons. The lowest BCUT2D eigenvalue weighted by Crippen LogP contribution is -2.16. The highest BCUT2D eigenvalue weighted by Crippen LogP contribution is 2.40. The summed E-state index contributed by atoms with van der Waals surface area (Å²) in [6.45, 7) is 3.95. The maximum Gasteiger partial charge on any atom is 0.341 e. The van der Waals surface area contributed by atoms with Crippen LogP contribution >= 0.6 is 22.9 Å². The Balaban J connectivity index is 1.65. The molecule has 2 heterocycles. The van der Waals surface area contributed by atoms with Crippen molar-refractivity contribution in [3.05, 3.63) is 62.7 Å². The van der Waals surface area contributed by atoms with E-state index < -0.39 is 5.97 Å². The van der Waals surface area contributed by atoms with E-state index in [9.17, 15) is 9.59 Å². The van der Waals surface area contributed by atoms with Crippen LogP contribution in [0.5, 0.6) is 0 Å². The van der Waals surface area contributed by atoms with Gasteiger partial charge in [0.2, 0.25) is 0 Å². The quantitative estimate of drug-likeness (QED) is 0.492. The standard InChI is InChI=1S/C23H22ClNO4S/c1-12-4-9-16-19(10-12)30-22(20(16)23(27)28-3)25-21(26)17-11-18(29-13(17)2)14-5-7-15(24)8-6-14/h5-8,11-12H,4,9-10H2,1-3H3,(H,25,26). The van der Waals surface area contributed by atoms with Crippen molar-refractivity contribution in [3.63, 3.8) is 0 Å². The summed E-state index contributed by atoms with van der Waals surface area (Å²) in [4.78, 5) is 26.6. The van der Waals surface area contributed by atoms with Gasteiger partial charge in [0.05, 0.1) is 18.2 Å². The molecule has 2 aromatic heterocycles. The van der Waals surface area contributed by atoms with Gasteiger partial charge in [-0.25, -0.2) is 4.79 Å². The van der Waals surface area contributed by atoms with Gasteiger partial charge in [-0.1, -0.05) is 18.5 Å². The van der Waals surface area contributed by atoms with E-state index in [1.165, 1.54) is 18.4 Å². The zero-order valence-electron chi connectivity index (χ0n) is 17.0. The van der Waals surface area contributed by atoms with Crippen LogP contribution < -0.4 is 5.32 Å². The van der Waals surface area contributed by atoms with Crippen LogP contribution in [-0.2, 0) is 17.6 Å². The van der Waals surface area contributed by atoms with E-state index in [4.69, 9.17) is 20.8 Å². The van der Waals surface area contributed by atoms with Gasteiger partial charge in [0.1, 0.15) is 16.5 Å². The number of benzene rings is 1. The molecule has 3 aromatic rings. The number of rotatable bonds is 4. The third-order valence-corrected chi connectivity index (χ3v) is 6.84. The van der Waals surface area contributed by atoms with E-state index in [1.807, 2.05) is 12.1 Å². The number of esters is 1. The van der Waals surface area contributed by atoms with E-state index in [1.54, 1.807) is 25.1 Å². The van der Waals surface area contributed by atoms with Crippen LogP contribution in [0.25, 0.3) is 11.3 Å². The first-order valence-corrected chi connectivity index (χ1v) is 11.0. The van der Waals surface area contributed by atoms with Crippen LogP contribution in [0.1, 0.15) is 50.3 Å². The molecular weight excluding hydrogens is 422 g/mol. The smallest absolute Gasteiger partial charge is 0.341 e. The average Bonchev–Trinajstić information content (AvgIpc) is 3.27. The molecule has 1 aliphatic carbocycles. The number of carbonyl (C=O) groups is 2. The van der Waals surface area contributed by atoms with Crippen LogP contribution in [0.2, 0.25) is 5.02 Å². The van der Waals surface area contributed by atoms with Gasteiger partial charge in [0, 0.05) is 15.5 Å². The summed E-state index contributed by atoms with van der Waals surface area (Å²) in [5.74, 6) is 0.924. The van der Waals surface area contributed by atoms with Crippen molar-refractivity contribution in [2.45, 2.75) is 33.1 Å². The van der Waals surface area contributed by atoms with E-state index in [0.717, 1.165) is 35.3 Å². The maximum absolute atomic E-state index is 13.0. The summed E-state index contributed by atoms with van der Waals surface area (Å²) in [5.41, 5.74) is 2.75. The number of hydrogen-bond acceptors (Lipinski definition) is 5. The highest BCUT2D eigenvalue weighted by Gasteiger charge is 2.29. The lowest BCUT2D eigenvalue weighted by molar-refractivity contribution is 0.0601. The molecule has 1 N–H and O–H groups in total. The SMILES string of the molecule is COC(=O)c1c(NC(=O)c2cc(-c3ccc(Cl)cc3)oc2C)sc2c1CCC(C)C2. The zero-order chi connectivity index (χ0) is 21.4. The Morgan fingerprint density at radius 1 is 1.27 bits per heavy atom. The fourth-order valence-electron chi connectivity index (χ4n) is 3.79. The van der Waals surface area contributed by atoms with Gasteiger partial charge >= 0.3 is 5.97 Å². The van der Waals surface area contributed by atoms with E-state index in [0.29, 0.717) is 38.6 Å². The van der Waals surface area contributed by atoms with Crippen molar-refractivity contribution < 1.29 is 18.7 Å². The van der Waals surface area contributed by atoms with Crippen LogP contribution in [0.3, 0.4) is 0 Å². The monoisotopic (exact) mass is 443 g/mol. The number of methoxy groups -OCH3 is 1. The van der Waals surface area contributed by atoms with E-state index in [2.05, 4.69) is 12.2 Å². The minimum absolute atomic E-state index is 0.312. The van der Waals surface area contributed by atoms with Gasteiger partial charge in [-0.05, 0) is 68.0 Å². The molecule has 5 nitrogen and oxygen atoms in total. The normalized spacial score (nSPS) is 15.5. The van der Waals surface area contributed by atoms with Crippen LogP contribution in [-0.4, -0.2) is 19.0 Å². The van der Waals surface area contributed by atoms with Crippen LogP contribution in [0.15, 0.2) is 34.7 Å². The second kappa shape index (κ2) is 8.28. The molecule has 30 heavy (non-hydrogen) atoms. The molecule has 1 unspecified atom stereocenters. The minimum atomic E-state index is -0.414. The number of anilines is 1. The summed E-state index contributed by atoms with van der Waals surface area (Å²) >= 11 is 7.41. The third-order valence-electron chi connectivity index (χ3n) is 5.42. The number of carbonyl (C=O) groups excluding carboxylic acids is 2. The van der Waals surface area contributed by atoms with E-state index in [-0.39, 0.29) is 5.91 Å². The molecule has 0 saturated carbocycles. The topological polar surface area (TPSA) is 68.5 Å². The van der Waals surface area contributed by atoms with Gasteiger partial charge in [-0.3, -0.25) is 4.79 Å². The maximum atomic E-state index is 13.0. The number of fused-ring (bicyclic) bond motifs is 1. The summed E-state index contributed by atoms with van der Waals surface area (Å²) in [6.07, 6.45) is 2.75. The molecule has 4 rings (SSSR count). The summed E-state index contributed by atoms with van der Waals surface area (Å²) < 4.78 is 10.8. The predicted molar refractivity (Wildman–Crippen MR) is 119 cm³/mol. The van der Waals surface area contributed by atoms with Crippen molar-refractivity contribution >= 4 is 39.8 Å². The van der Waals surface area contributed by atoms with Gasteiger partial charge < -0.3 is 14.5 Å². The Kier molecular flexibility index (Phi) is 5.71. The lowest BCUT2D eigenvalue weighted by atomic mass is 9.88. The summed E-state index contributed by atoms with van der Waals surface area (Å²) in [5, 5.41) is 4.10. The Hall–Kier alpha value is -2.57. The third kappa shape index (κ3) is 3.89. The van der Waals surface area contributed by atoms with Crippen molar-refractivity contribution in [2.24, 2.45) is 5.92 Å². The molecule has 1 amide bonds. The minimum Gasteiger partial charge on any atom is -0.465 e. The Morgan fingerprint density at radius 3 is 2.70 bits per heavy atom. The first-order chi connectivity index (χ1) is 14.4. The number of aryl methyl sites for hydroxylation is 1. The van der Waals surface area contributed by atoms with Crippen molar-refractivity contribution in [3.8, 4) is 11.3 Å². The molecule has 0 aliphatic heterocycles. The highest BCUT2D eigenvalue weighted by molar-refractivity contribution is 7.17. The van der Waals surface area contributed by atoms with Gasteiger partial charge in [-0.2, -0.15) is 0 Å². The van der Waals surface area contributed by atoms with Crippen LogP contribution in [0.4, 0.5) is 5.00 Å². The second-order valence-corrected chi connectivity index (χ2v) is 9.13. The first kappa shape index (κ1) is 20.7. The second-order valence-electron chi connectivity index (χ2n) is 7.59. The largest absolute Gasteiger partial charge is 0.465 e.